The zero-order chi connectivity index (χ0) is 18.5. The minimum Gasteiger partial charge on any atom is -0.351 e. The molecule has 0 bridgehead atoms. The zero-order valence-electron chi connectivity index (χ0n) is 15.1. The molecule has 1 saturated heterocycles. The molecular weight excluding hydrogens is 349 g/mol. The van der Waals surface area contributed by atoms with Gasteiger partial charge in [-0.25, -0.2) is 4.39 Å². The van der Waals surface area contributed by atoms with Crippen molar-refractivity contribution in [2.75, 3.05) is 6.54 Å². The quantitative estimate of drug-likeness (QED) is 0.842. The highest BCUT2D eigenvalue weighted by Crippen LogP contribution is 2.34. The van der Waals surface area contributed by atoms with Crippen LogP contribution in [0.2, 0.25) is 0 Å². The van der Waals surface area contributed by atoms with Gasteiger partial charge in [0, 0.05) is 41.7 Å². The summed E-state index contributed by atoms with van der Waals surface area (Å²) in [7, 11) is 0. The molecule has 2 atom stereocenters. The molecule has 1 amide bonds. The van der Waals surface area contributed by atoms with E-state index < -0.39 is 0 Å². The van der Waals surface area contributed by atoms with Crippen molar-refractivity contribution >= 4 is 17.7 Å². The second-order valence-electron chi connectivity index (χ2n) is 6.81. The van der Waals surface area contributed by atoms with E-state index in [-0.39, 0.29) is 17.8 Å². The normalized spacial score (nSPS) is 20.5. The SMILES string of the molecule is CC(C)N1C[C@H](Sc2ccc(F)cc2)C[C@H]1C(=O)NCc1cccnc1. The average molecular weight is 373 g/mol. The number of hydrogen-bond acceptors (Lipinski definition) is 4. The smallest absolute Gasteiger partial charge is 0.237 e. The van der Waals surface area contributed by atoms with E-state index in [4.69, 9.17) is 0 Å². The summed E-state index contributed by atoms with van der Waals surface area (Å²) in [6, 6.07) is 10.5. The largest absolute Gasteiger partial charge is 0.351 e. The minimum absolute atomic E-state index is 0.0600. The highest BCUT2D eigenvalue weighted by molar-refractivity contribution is 8.00. The fraction of sp³-hybridized carbons (Fsp3) is 0.400. The van der Waals surface area contributed by atoms with E-state index in [0.717, 1.165) is 23.4 Å². The maximum absolute atomic E-state index is 13.1. The number of nitrogens with zero attached hydrogens (tertiary/aromatic N) is 2. The van der Waals surface area contributed by atoms with Gasteiger partial charge >= 0.3 is 0 Å². The Bertz CT molecular complexity index is 724. The first kappa shape index (κ1) is 18.9. The fourth-order valence-electron chi connectivity index (χ4n) is 3.25. The van der Waals surface area contributed by atoms with Crippen LogP contribution in [-0.2, 0) is 11.3 Å². The second-order valence-corrected chi connectivity index (χ2v) is 8.19. The van der Waals surface area contributed by atoms with E-state index in [1.165, 1.54) is 12.1 Å². The van der Waals surface area contributed by atoms with E-state index in [0.29, 0.717) is 17.8 Å². The third kappa shape index (κ3) is 4.83. The predicted octanol–water partition coefficient (Wildman–Crippen LogP) is 3.48. The molecule has 0 unspecified atom stereocenters. The van der Waals surface area contributed by atoms with Gasteiger partial charge in [0.05, 0.1) is 6.04 Å². The van der Waals surface area contributed by atoms with Crippen LogP contribution in [0.4, 0.5) is 4.39 Å². The molecule has 0 radical (unpaired) electrons. The molecule has 1 aromatic carbocycles. The monoisotopic (exact) mass is 373 g/mol. The summed E-state index contributed by atoms with van der Waals surface area (Å²) in [5, 5.41) is 3.35. The highest BCUT2D eigenvalue weighted by Gasteiger charge is 2.38. The molecule has 1 aromatic heterocycles. The number of nitrogens with one attached hydrogen (secondary N) is 1. The Morgan fingerprint density at radius 3 is 2.77 bits per heavy atom. The molecule has 3 rings (SSSR count). The number of carbonyl (C=O) groups excluding carboxylic acids is 1. The van der Waals surface area contributed by atoms with Crippen molar-refractivity contribution in [1.29, 1.82) is 0 Å². The molecular formula is C20H24FN3OS. The van der Waals surface area contributed by atoms with Gasteiger partial charge in [0.25, 0.3) is 0 Å². The van der Waals surface area contributed by atoms with Crippen LogP contribution in [0, 0.1) is 5.82 Å². The van der Waals surface area contributed by atoms with Gasteiger partial charge in [0.2, 0.25) is 5.91 Å². The lowest BCUT2D eigenvalue weighted by Gasteiger charge is -2.27. The third-order valence-electron chi connectivity index (χ3n) is 4.57. The number of rotatable bonds is 6. The van der Waals surface area contributed by atoms with Crippen molar-refractivity contribution in [3.05, 3.63) is 60.2 Å². The van der Waals surface area contributed by atoms with Crippen molar-refractivity contribution in [1.82, 2.24) is 15.2 Å². The summed E-state index contributed by atoms with van der Waals surface area (Å²) in [5.41, 5.74) is 0.993. The van der Waals surface area contributed by atoms with E-state index >= 15 is 0 Å². The summed E-state index contributed by atoms with van der Waals surface area (Å²) in [5.74, 6) is -0.165. The molecule has 26 heavy (non-hydrogen) atoms. The van der Waals surface area contributed by atoms with Gasteiger partial charge in [-0.1, -0.05) is 6.07 Å². The molecule has 6 heteroatoms. The summed E-state index contributed by atoms with van der Waals surface area (Å²) >= 11 is 1.72. The lowest BCUT2D eigenvalue weighted by atomic mass is 10.1. The summed E-state index contributed by atoms with van der Waals surface area (Å²) in [4.78, 5) is 20.1. The Morgan fingerprint density at radius 2 is 2.12 bits per heavy atom. The van der Waals surface area contributed by atoms with E-state index in [1.807, 2.05) is 12.1 Å². The minimum atomic E-state index is -0.225. The van der Waals surface area contributed by atoms with Crippen LogP contribution in [0.25, 0.3) is 0 Å². The van der Waals surface area contributed by atoms with Crippen molar-refractivity contribution in [2.24, 2.45) is 0 Å². The third-order valence-corrected chi connectivity index (χ3v) is 5.79. The van der Waals surface area contributed by atoms with Crippen molar-refractivity contribution in [3.63, 3.8) is 0 Å². The van der Waals surface area contributed by atoms with E-state index in [9.17, 15) is 9.18 Å². The number of aromatic nitrogens is 1. The van der Waals surface area contributed by atoms with Gasteiger partial charge < -0.3 is 5.32 Å². The number of thioether (sulfide) groups is 1. The molecule has 1 fully saturated rings. The highest BCUT2D eigenvalue weighted by atomic mass is 32.2. The Labute approximate surface area is 158 Å². The number of benzene rings is 1. The van der Waals surface area contributed by atoms with Crippen LogP contribution in [0.1, 0.15) is 25.8 Å². The predicted molar refractivity (Wildman–Crippen MR) is 102 cm³/mol. The van der Waals surface area contributed by atoms with Crippen LogP contribution >= 0.6 is 11.8 Å². The van der Waals surface area contributed by atoms with Crippen LogP contribution in [-0.4, -0.2) is 39.7 Å². The Morgan fingerprint density at radius 1 is 1.35 bits per heavy atom. The number of likely N-dealkylation sites (tertiary alicyclic amines) is 1. The maximum atomic E-state index is 13.1. The molecule has 4 nitrogen and oxygen atoms in total. The summed E-state index contributed by atoms with van der Waals surface area (Å²) in [6.07, 6.45) is 4.28. The first-order valence-electron chi connectivity index (χ1n) is 8.87. The molecule has 2 aromatic rings. The van der Waals surface area contributed by atoms with Crippen molar-refractivity contribution < 1.29 is 9.18 Å². The standard InChI is InChI=1S/C20H24FN3OS/c1-14(2)24-13-18(26-17-7-5-16(21)6-8-17)10-19(24)20(25)23-12-15-4-3-9-22-11-15/h3-9,11,14,18-19H,10,12-13H2,1-2H3,(H,23,25)/t18-,19+/m1/s1. The van der Waals surface area contributed by atoms with Gasteiger partial charge in [-0.3, -0.25) is 14.7 Å². The van der Waals surface area contributed by atoms with Gasteiger partial charge in [-0.2, -0.15) is 0 Å². The van der Waals surface area contributed by atoms with Gasteiger partial charge in [-0.05, 0) is 56.2 Å². The Balaban J connectivity index is 1.61. The number of carbonyl (C=O) groups is 1. The number of amides is 1. The van der Waals surface area contributed by atoms with Crippen LogP contribution in [0.15, 0.2) is 53.7 Å². The Hall–Kier alpha value is -1.92. The second kappa shape index (κ2) is 8.64. The lowest BCUT2D eigenvalue weighted by Crippen LogP contribution is -2.45. The van der Waals surface area contributed by atoms with Gasteiger partial charge in [-0.15, -0.1) is 11.8 Å². The molecule has 1 aliphatic heterocycles. The molecule has 0 spiro atoms. The molecule has 0 saturated carbocycles. The van der Waals surface area contributed by atoms with Crippen molar-refractivity contribution in [3.8, 4) is 0 Å². The molecule has 138 valence electrons. The maximum Gasteiger partial charge on any atom is 0.237 e. The van der Waals surface area contributed by atoms with Gasteiger partial charge in [0.1, 0.15) is 5.82 Å². The van der Waals surface area contributed by atoms with Crippen LogP contribution < -0.4 is 5.32 Å². The first-order chi connectivity index (χ1) is 12.5. The van der Waals surface area contributed by atoms with Crippen LogP contribution in [0.5, 0.6) is 0 Å². The van der Waals surface area contributed by atoms with E-state index in [2.05, 4.69) is 29.0 Å². The van der Waals surface area contributed by atoms with E-state index in [1.54, 1.807) is 36.3 Å². The number of hydrogen-bond donors (Lipinski definition) is 1. The topological polar surface area (TPSA) is 45.2 Å². The molecule has 2 heterocycles. The van der Waals surface area contributed by atoms with Crippen molar-refractivity contribution in [2.45, 2.75) is 49.0 Å². The van der Waals surface area contributed by atoms with Gasteiger partial charge in [0.15, 0.2) is 0 Å². The number of halogens is 1. The fourth-order valence-corrected chi connectivity index (χ4v) is 4.45. The zero-order valence-corrected chi connectivity index (χ0v) is 15.9. The lowest BCUT2D eigenvalue weighted by molar-refractivity contribution is -0.126. The molecule has 1 N–H and O–H groups in total. The number of pyridine rings is 1. The average Bonchev–Trinajstić information content (AvgIpc) is 3.07. The summed E-state index contributed by atoms with van der Waals surface area (Å²) < 4.78 is 13.1. The molecule has 0 aliphatic carbocycles. The summed E-state index contributed by atoms with van der Waals surface area (Å²) in [6.45, 7) is 5.58. The first-order valence-corrected chi connectivity index (χ1v) is 9.75. The van der Waals surface area contributed by atoms with Crippen LogP contribution in [0.3, 0.4) is 0 Å². The molecule has 1 aliphatic rings. The Kier molecular flexibility index (Phi) is 6.27.